The monoisotopic (exact) mass is 219 g/mol. The third-order valence-electron chi connectivity index (χ3n) is 1.67. The Morgan fingerprint density at radius 3 is 2.60 bits per heavy atom. The average Bonchev–Trinajstić information content (AvgIpc) is 2.16. The molecule has 0 radical (unpaired) electrons. The summed E-state index contributed by atoms with van der Waals surface area (Å²) in [5.41, 5.74) is -1.70. The number of pyridine rings is 1. The van der Waals surface area contributed by atoms with Gasteiger partial charge in [0.05, 0.1) is 13.3 Å². The number of ether oxygens (including phenoxy) is 1. The van der Waals surface area contributed by atoms with Crippen molar-refractivity contribution in [1.82, 2.24) is 4.98 Å². The minimum absolute atomic E-state index is 0.646. The summed E-state index contributed by atoms with van der Waals surface area (Å²) in [6, 6.07) is 0. The van der Waals surface area contributed by atoms with Crippen LogP contribution in [0, 0.1) is 0 Å². The average molecular weight is 219 g/mol. The highest BCUT2D eigenvalue weighted by molar-refractivity contribution is 5.90. The van der Waals surface area contributed by atoms with Crippen LogP contribution in [0.25, 0.3) is 0 Å². The number of hydrogen-bond donors (Lipinski definition) is 2. The largest absolute Gasteiger partial charge is 0.506 e. The van der Waals surface area contributed by atoms with Gasteiger partial charge >= 0.3 is 5.97 Å². The van der Waals surface area contributed by atoms with Gasteiger partial charge < -0.3 is 14.9 Å². The van der Waals surface area contributed by atoms with E-state index in [4.69, 9.17) is 5.11 Å². The molecule has 1 aromatic heterocycles. The normalized spacial score (nSPS) is 10.4. The number of aromatic nitrogens is 1. The van der Waals surface area contributed by atoms with Crippen LogP contribution in [0.4, 0.5) is 8.78 Å². The molecule has 0 fully saturated rings. The summed E-state index contributed by atoms with van der Waals surface area (Å²) >= 11 is 0. The zero-order valence-corrected chi connectivity index (χ0v) is 7.57. The van der Waals surface area contributed by atoms with Crippen molar-refractivity contribution in [3.63, 3.8) is 0 Å². The number of carbonyl (C=O) groups excluding carboxylic acids is 1. The molecule has 1 heterocycles. The van der Waals surface area contributed by atoms with Gasteiger partial charge in [-0.25, -0.2) is 18.6 Å². The van der Waals surface area contributed by atoms with Gasteiger partial charge in [0.1, 0.15) is 11.3 Å². The second kappa shape index (κ2) is 4.07. The van der Waals surface area contributed by atoms with E-state index in [0.717, 1.165) is 7.11 Å². The van der Waals surface area contributed by atoms with Crippen LogP contribution >= 0.6 is 0 Å². The number of aromatic hydroxyl groups is 2. The van der Waals surface area contributed by atoms with Crippen LogP contribution in [-0.2, 0) is 4.74 Å². The Morgan fingerprint density at radius 2 is 2.13 bits per heavy atom. The molecule has 1 aromatic rings. The van der Waals surface area contributed by atoms with Crippen LogP contribution in [0.1, 0.15) is 22.5 Å². The fraction of sp³-hybridized carbons (Fsp3) is 0.250. The molecule has 15 heavy (non-hydrogen) atoms. The van der Waals surface area contributed by atoms with Crippen molar-refractivity contribution in [2.75, 3.05) is 7.11 Å². The molecule has 0 aliphatic rings. The molecular weight excluding hydrogens is 212 g/mol. The van der Waals surface area contributed by atoms with Crippen LogP contribution in [0.2, 0.25) is 0 Å². The summed E-state index contributed by atoms with van der Waals surface area (Å²) in [4.78, 5) is 14.2. The van der Waals surface area contributed by atoms with E-state index in [0.29, 0.717) is 6.20 Å². The number of esters is 1. The Labute approximate surface area is 82.9 Å². The van der Waals surface area contributed by atoms with Gasteiger partial charge in [-0.05, 0) is 0 Å². The number of halogens is 2. The second-order valence-corrected chi connectivity index (χ2v) is 2.55. The molecule has 0 atom stereocenters. The Morgan fingerprint density at radius 1 is 1.53 bits per heavy atom. The fourth-order valence-corrected chi connectivity index (χ4v) is 0.966. The Hall–Kier alpha value is -1.92. The van der Waals surface area contributed by atoms with Crippen LogP contribution < -0.4 is 0 Å². The predicted molar refractivity (Wildman–Crippen MR) is 43.9 cm³/mol. The van der Waals surface area contributed by atoms with Crippen molar-refractivity contribution in [3.05, 3.63) is 17.5 Å². The molecule has 0 aliphatic heterocycles. The van der Waals surface area contributed by atoms with E-state index in [2.05, 4.69) is 9.72 Å². The third-order valence-corrected chi connectivity index (χ3v) is 1.67. The number of hydrogen-bond acceptors (Lipinski definition) is 5. The summed E-state index contributed by atoms with van der Waals surface area (Å²) < 4.78 is 28.9. The van der Waals surface area contributed by atoms with Crippen molar-refractivity contribution in [1.29, 1.82) is 0 Å². The SMILES string of the molecule is COC(=O)c1ncc(O)c(C(F)F)c1O. The lowest BCUT2D eigenvalue weighted by atomic mass is 10.2. The molecule has 0 unspecified atom stereocenters. The number of rotatable bonds is 2. The highest BCUT2D eigenvalue weighted by atomic mass is 19.3. The van der Waals surface area contributed by atoms with Gasteiger partial charge in [-0.1, -0.05) is 0 Å². The zero-order chi connectivity index (χ0) is 11.6. The molecular formula is C8H7F2NO4. The van der Waals surface area contributed by atoms with Gasteiger partial charge in [0.2, 0.25) is 0 Å². The summed E-state index contributed by atoms with van der Waals surface area (Å²) in [7, 11) is 1.01. The summed E-state index contributed by atoms with van der Waals surface area (Å²) in [5, 5.41) is 18.2. The minimum Gasteiger partial charge on any atom is -0.506 e. The van der Waals surface area contributed by atoms with E-state index in [1.165, 1.54) is 0 Å². The van der Waals surface area contributed by atoms with E-state index in [9.17, 15) is 18.7 Å². The highest BCUT2D eigenvalue weighted by Crippen LogP contribution is 2.36. The Balaban J connectivity index is 3.35. The van der Waals surface area contributed by atoms with E-state index in [1.54, 1.807) is 0 Å². The molecule has 5 nitrogen and oxygen atoms in total. The molecule has 0 amide bonds. The van der Waals surface area contributed by atoms with E-state index < -0.39 is 35.2 Å². The zero-order valence-electron chi connectivity index (χ0n) is 7.57. The van der Waals surface area contributed by atoms with E-state index in [-0.39, 0.29) is 0 Å². The topological polar surface area (TPSA) is 79.7 Å². The molecule has 0 saturated carbocycles. The lowest BCUT2D eigenvalue weighted by Gasteiger charge is -2.08. The van der Waals surface area contributed by atoms with Crippen molar-refractivity contribution in [2.45, 2.75) is 6.43 Å². The molecule has 2 N–H and O–H groups in total. The number of alkyl halides is 2. The number of methoxy groups -OCH3 is 1. The maximum Gasteiger partial charge on any atom is 0.360 e. The van der Waals surface area contributed by atoms with Crippen LogP contribution in [0.3, 0.4) is 0 Å². The maximum absolute atomic E-state index is 12.3. The second-order valence-electron chi connectivity index (χ2n) is 2.55. The molecule has 0 saturated heterocycles. The molecule has 0 spiro atoms. The Bertz CT molecular complexity index is 394. The minimum atomic E-state index is -3.11. The first-order chi connectivity index (χ1) is 6.99. The van der Waals surface area contributed by atoms with Crippen molar-refractivity contribution < 1.29 is 28.5 Å². The first kappa shape index (κ1) is 11.2. The quantitative estimate of drug-likeness (QED) is 0.731. The van der Waals surface area contributed by atoms with E-state index in [1.807, 2.05) is 0 Å². The standard InChI is InChI=1S/C8H7F2NO4/c1-15-8(14)5-6(13)4(7(9)10)3(12)2-11-5/h2,7,12-13H,1H3. The van der Waals surface area contributed by atoms with E-state index >= 15 is 0 Å². The summed E-state index contributed by atoms with van der Waals surface area (Å²) in [6.45, 7) is 0. The predicted octanol–water partition coefficient (Wildman–Crippen LogP) is 1.22. The lowest BCUT2D eigenvalue weighted by Crippen LogP contribution is -2.06. The fourth-order valence-electron chi connectivity index (χ4n) is 0.966. The van der Waals surface area contributed by atoms with Crippen LogP contribution in [0.5, 0.6) is 11.5 Å². The molecule has 1 rings (SSSR count). The molecule has 0 aliphatic carbocycles. The molecule has 7 heteroatoms. The first-order valence-electron chi connectivity index (χ1n) is 3.76. The van der Waals surface area contributed by atoms with Gasteiger partial charge in [0, 0.05) is 0 Å². The van der Waals surface area contributed by atoms with Crippen molar-refractivity contribution in [2.24, 2.45) is 0 Å². The summed E-state index contributed by atoms with van der Waals surface area (Å²) in [6.07, 6.45) is -2.47. The number of nitrogens with zero attached hydrogens (tertiary/aromatic N) is 1. The Kier molecular flexibility index (Phi) is 3.03. The van der Waals surface area contributed by atoms with Gasteiger partial charge in [-0.3, -0.25) is 0 Å². The molecule has 0 bridgehead atoms. The highest BCUT2D eigenvalue weighted by Gasteiger charge is 2.25. The van der Waals surface area contributed by atoms with Crippen LogP contribution in [-0.4, -0.2) is 28.3 Å². The lowest BCUT2D eigenvalue weighted by molar-refractivity contribution is 0.0589. The van der Waals surface area contributed by atoms with Gasteiger partial charge in [-0.15, -0.1) is 0 Å². The molecule has 82 valence electrons. The molecule has 0 aromatic carbocycles. The maximum atomic E-state index is 12.3. The third kappa shape index (κ3) is 1.95. The van der Waals surface area contributed by atoms with Crippen molar-refractivity contribution in [3.8, 4) is 11.5 Å². The number of carbonyl (C=O) groups is 1. The van der Waals surface area contributed by atoms with Gasteiger partial charge in [0.25, 0.3) is 6.43 Å². The van der Waals surface area contributed by atoms with Gasteiger partial charge in [-0.2, -0.15) is 0 Å². The van der Waals surface area contributed by atoms with Crippen LogP contribution in [0.15, 0.2) is 6.20 Å². The van der Waals surface area contributed by atoms with Crippen molar-refractivity contribution >= 4 is 5.97 Å². The first-order valence-corrected chi connectivity index (χ1v) is 3.76. The summed E-state index contributed by atoms with van der Waals surface area (Å²) in [5.74, 6) is -3.01. The van der Waals surface area contributed by atoms with Gasteiger partial charge in [0.15, 0.2) is 11.4 Å². The smallest absolute Gasteiger partial charge is 0.360 e.